The maximum atomic E-state index is 5.69. The molecule has 1 aliphatic heterocycles. The van der Waals surface area contributed by atoms with Crippen LogP contribution in [0.15, 0.2) is 35.5 Å². The van der Waals surface area contributed by atoms with E-state index in [2.05, 4.69) is 29.4 Å². The highest BCUT2D eigenvalue weighted by atomic mass is 35.5. The molecule has 0 fully saturated rings. The van der Waals surface area contributed by atoms with Gasteiger partial charge in [0.25, 0.3) is 0 Å². The quantitative estimate of drug-likeness (QED) is 0.720. The first-order valence-corrected chi connectivity index (χ1v) is 5.73. The molecule has 0 bridgehead atoms. The Labute approximate surface area is 94.9 Å². The van der Waals surface area contributed by atoms with Crippen LogP contribution in [0.4, 0.5) is 0 Å². The maximum Gasteiger partial charge on any atom is 0.146 e. The monoisotopic (exact) mass is 223 g/mol. The average Bonchev–Trinajstić information content (AvgIpc) is 2.76. The SMILES string of the molecule is ClC[C@@H]1CC(CCc2ccccc2)=NO1. The van der Waals surface area contributed by atoms with E-state index in [9.17, 15) is 0 Å². The molecule has 1 atom stereocenters. The van der Waals surface area contributed by atoms with Gasteiger partial charge in [-0.3, -0.25) is 0 Å². The third kappa shape index (κ3) is 2.96. The molecule has 3 heteroatoms. The van der Waals surface area contributed by atoms with Crippen molar-refractivity contribution in [2.75, 3.05) is 5.88 Å². The number of alkyl halides is 1. The fourth-order valence-corrected chi connectivity index (χ4v) is 1.82. The molecule has 0 amide bonds. The Bertz CT molecular complexity index is 337. The summed E-state index contributed by atoms with van der Waals surface area (Å²) in [6.45, 7) is 0. The lowest BCUT2D eigenvalue weighted by Crippen LogP contribution is -2.09. The fraction of sp³-hybridized carbons (Fsp3) is 0.417. The highest BCUT2D eigenvalue weighted by molar-refractivity contribution is 6.18. The molecular formula is C12H14ClNO. The van der Waals surface area contributed by atoms with Gasteiger partial charge in [-0.05, 0) is 18.4 Å². The molecule has 0 aromatic heterocycles. The van der Waals surface area contributed by atoms with E-state index < -0.39 is 0 Å². The Hall–Kier alpha value is -1.02. The zero-order valence-electron chi connectivity index (χ0n) is 8.53. The van der Waals surface area contributed by atoms with Crippen molar-refractivity contribution in [1.82, 2.24) is 0 Å². The molecule has 0 saturated heterocycles. The Balaban J connectivity index is 1.80. The van der Waals surface area contributed by atoms with E-state index in [0.29, 0.717) is 5.88 Å². The standard InChI is InChI=1S/C12H14ClNO/c13-9-12-8-11(14-15-12)7-6-10-4-2-1-3-5-10/h1-5,12H,6-9H2/t12-/m0/s1. The van der Waals surface area contributed by atoms with Gasteiger partial charge in [0.05, 0.1) is 11.6 Å². The summed E-state index contributed by atoms with van der Waals surface area (Å²) in [5, 5.41) is 4.04. The predicted molar refractivity (Wildman–Crippen MR) is 62.4 cm³/mol. The molecule has 1 aliphatic rings. The van der Waals surface area contributed by atoms with E-state index in [0.717, 1.165) is 25.0 Å². The molecule has 15 heavy (non-hydrogen) atoms. The maximum absolute atomic E-state index is 5.69. The zero-order valence-corrected chi connectivity index (χ0v) is 9.28. The van der Waals surface area contributed by atoms with Crippen molar-refractivity contribution in [3.8, 4) is 0 Å². The van der Waals surface area contributed by atoms with Crippen LogP contribution in [0.1, 0.15) is 18.4 Å². The number of halogens is 1. The highest BCUT2D eigenvalue weighted by Crippen LogP contribution is 2.15. The number of benzene rings is 1. The number of oxime groups is 1. The summed E-state index contributed by atoms with van der Waals surface area (Å²) >= 11 is 5.69. The number of aryl methyl sites for hydroxylation is 1. The fourth-order valence-electron chi connectivity index (χ4n) is 1.65. The first kappa shape index (κ1) is 10.5. The van der Waals surface area contributed by atoms with Gasteiger partial charge in [-0.15, -0.1) is 11.6 Å². The van der Waals surface area contributed by atoms with Crippen molar-refractivity contribution in [3.63, 3.8) is 0 Å². The van der Waals surface area contributed by atoms with Crippen molar-refractivity contribution in [1.29, 1.82) is 0 Å². The number of hydrogen-bond donors (Lipinski definition) is 0. The third-order valence-electron chi connectivity index (χ3n) is 2.51. The normalized spacial score (nSPS) is 19.8. The Morgan fingerprint density at radius 1 is 1.27 bits per heavy atom. The molecule has 0 saturated carbocycles. The molecule has 80 valence electrons. The second-order valence-corrected chi connectivity index (χ2v) is 4.04. The van der Waals surface area contributed by atoms with E-state index in [1.54, 1.807) is 0 Å². The van der Waals surface area contributed by atoms with E-state index in [1.807, 2.05) is 6.07 Å². The first-order chi connectivity index (χ1) is 7.38. The van der Waals surface area contributed by atoms with Gasteiger partial charge in [0.2, 0.25) is 0 Å². The summed E-state index contributed by atoms with van der Waals surface area (Å²) in [5.41, 5.74) is 2.47. The zero-order chi connectivity index (χ0) is 10.5. The molecule has 0 radical (unpaired) electrons. The summed E-state index contributed by atoms with van der Waals surface area (Å²) in [4.78, 5) is 5.16. The van der Waals surface area contributed by atoms with E-state index in [1.165, 1.54) is 5.56 Å². The molecule has 1 aromatic rings. The molecule has 1 heterocycles. The number of nitrogens with zero attached hydrogens (tertiary/aromatic N) is 1. The summed E-state index contributed by atoms with van der Waals surface area (Å²) in [6.07, 6.45) is 2.98. The largest absolute Gasteiger partial charge is 0.391 e. The van der Waals surface area contributed by atoms with Crippen LogP contribution in [0.2, 0.25) is 0 Å². The van der Waals surface area contributed by atoms with Crippen molar-refractivity contribution in [2.45, 2.75) is 25.4 Å². The van der Waals surface area contributed by atoms with Gasteiger partial charge in [-0.2, -0.15) is 0 Å². The molecule has 2 rings (SSSR count). The third-order valence-corrected chi connectivity index (χ3v) is 2.86. The molecule has 2 nitrogen and oxygen atoms in total. The van der Waals surface area contributed by atoms with Gasteiger partial charge in [-0.1, -0.05) is 35.5 Å². The Kier molecular flexibility index (Phi) is 3.62. The van der Waals surface area contributed by atoms with Gasteiger partial charge in [0.15, 0.2) is 0 Å². The van der Waals surface area contributed by atoms with Crippen LogP contribution in [0.5, 0.6) is 0 Å². The van der Waals surface area contributed by atoms with Crippen LogP contribution in [0.3, 0.4) is 0 Å². The average molecular weight is 224 g/mol. The van der Waals surface area contributed by atoms with Gasteiger partial charge < -0.3 is 4.84 Å². The Morgan fingerprint density at radius 3 is 2.73 bits per heavy atom. The van der Waals surface area contributed by atoms with Crippen molar-refractivity contribution in [2.24, 2.45) is 5.16 Å². The molecule has 0 aliphatic carbocycles. The lowest BCUT2D eigenvalue weighted by atomic mass is 10.0. The minimum absolute atomic E-state index is 0.0949. The summed E-state index contributed by atoms with van der Waals surface area (Å²) < 4.78 is 0. The molecule has 1 aromatic carbocycles. The van der Waals surface area contributed by atoms with Gasteiger partial charge >= 0.3 is 0 Å². The minimum atomic E-state index is 0.0949. The van der Waals surface area contributed by atoms with E-state index in [-0.39, 0.29) is 6.10 Å². The lowest BCUT2D eigenvalue weighted by Gasteiger charge is -2.01. The van der Waals surface area contributed by atoms with E-state index >= 15 is 0 Å². The predicted octanol–water partition coefficient (Wildman–Crippen LogP) is 3.00. The minimum Gasteiger partial charge on any atom is -0.391 e. The highest BCUT2D eigenvalue weighted by Gasteiger charge is 2.19. The lowest BCUT2D eigenvalue weighted by molar-refractivity contribution is 0.102. The van der Waals surface area contributed by atoms with E-state index in [4.69, 9.17) is 16.4 Å². The summed E-state index contributed by atoms with van der Waals surface area (Å²) in [5.74, 6) is 0.526. The molecule has 0 unspecified atom stereocenters. The van der Waals surface area contributed by atoms with Crippen LogP contribution in [-0.2, 0) is 11.3 Å². The number of hydrogen-bond acceptors (Lipinski definition) is 2. The van der Waals surface area contributed by atoms with Gasteiger partial charge in [0.1, 0.15) is 6.10 Å². The summed E-state index contributed by atoms with van der Waals surface area (Å²) in [6, 6.07) is 10.4. The second kappa shape index (κ2) is 5.17. The molecular weight excluding hydrogens is 210 g/mol. The van der Waals surface area contributed by atoms with Gasteiger partial charge in [-0.25, -0.2) is 0 Å². The van der Waals surface area contributed by atoms with Crippen LogP contribution >= 0.6 is 11.6 Å². The van der Waals surface area contributed by atoms with Crippen LogP contribution in [-0.4, -0.2) is 17.7 Å². The second-order valence-electron chi connectivity index (χ2n) is 3.73. The van der Waals surface area contributed by atoms with Crippen molar-refractivity contribution in [3.05, 3.63) is 35.9 Å². The van der Waals surface area contributed by atoms with Crippen LogP contribution in [0.25, 0.3) is 0 Å². The van der Waals surface area contributed by atoms with Crippen LogP contribution in [0, 0.1) is 0 Å². The van der Waals surface area contributed by atoms with Crippen molar-refractivity contribution >= 4 is 17.3 Å². The van der Waals surface area contributed by atoms with Gasteiger partial charge in [0, 0.05) is 6.42 Å². The smallest absolute Gasteiger partial charge is 0.146 e. The number of rotatable bonds is 4. The topological polar surface area (TPSA) is 21.6 Å². The molecule has 0 spiro atoms. The summed E-state index contributed by atoms with van der Waals surface area (Å²) in [7, 11) is 0. The van der Waals surface area contributed by atoms with Crippen molar-refractivity contribution < 1.29 is 4.84 Å². The van der Waals surface area contributed by atoms with Crippen LogP contribution < -0.4 is 0 Å². The Morgan fingerprint density at radius 2 is 2.07 bits per heavy atom. The molecule has 0 N–H and O–H groups in total. The first-order valence-electron chi connectivity index (χ1n) is 5.20.